The first-order chi connectivity index (χ1) is 7.13. The van der Waals surface area contributed by atoms with Crippen LogP contribution in [0.25, 0.3) is 0 Å². The normalized spacial score (nSPS) is 10.9. The third-order valence-corrected chi connectivity index (χ3v) is 3.93. The minimum atomic E-state index is -0.902. The Bertz CT molecular complexity index is 342. The Kier molecular flexibility index (Phi) is 4.27. The summed E-state index contributed by atoms with van der Waals surface area (Å²) in [7, 11) is 0. The van der Waals surface area contributed by atoms with E-state index in [4.69, 9.17) is 5.11 Å². The molecular weight excluding hydrogens is 210 g/mol. The second-order valence-electron chi connectivity index (χ2n) is 3.50. The maximum absolute atomic E-state index is 10.9. The minimum absolute atomic E-state index is 0.254. The van der Waals surface area contributed by atoms with E-state index in [0.29, 0.717) is 5.92 Å². The van der Waals surface area contributed by atoms with E-state index in [1.807, 2.05) is 6.92 Å². The summed E-state index contributed by atoms with van der Waals surface area (Å²) in [6, 6.07) is 0. The Morgan fingerprint density at radius 2 is 2.00 bits per heavy atom. The Hall–Kier alpha value is -0.900. The van der Waals surface area contributed by atoms with Gasteiger partial charge < -0.3 is 5.11 Å². The second kappa shape index (κ2) is 5.26. The Morgan fingerprint density at radius 1 is 1.40 bits per heavy atom. The molecule has 0 amide bonds. The van der Waals surface area contributed by atoms with Crippen LogP contribution in [0.3, 0.4) is 0 Å². The zero-order chi connectivity index (χ0) is 11.4. The topological polar surface area (TPSA) is 50.2 Å². The molecule has 0 aliphatic rings. The smallest absolute Gasteiger partial charge is 0.355 e. The summed E-state index contributed by atoms with van der Waals surface area (Å²) in [6.45, 7) is 6.19. The van der Waals surface area contributed by atoms with Crippen molar-refractivity contribution in [3.63, 3.8) is 0 Å². The van der Waals surface area contributed by atoms with Crippen molar-refractivity contribution in [3.8, 4) is 0 Å². The number of aryl methyl sites for hydroxylation is 1. The third kappa shape index (κ3) is 2.56. The zero-order valence-electron chi connectivity index (χ0n) is 9.41. The largest absolute Gasteiger partial charge is 0.476 e. The molecule has 0 radical (unpaired) electrons. The van der Waals surface area contributed by atoms with Crippen LogP contribution in [0.5, 0.6) is 0 Å². The number of carboxylic acid groups (broad SMARTS) is 1. The number of hydrogen-bond acceptors (Lipinski definition) is 3. The molecule has 0 fully saturated rings. The van der Waals surface area contributed by atoms with Crippen LogP contribution in [0.4, 0.5) is 0 Å². The predicted octanol–water partition coefficient (Wildman–Crippen LogP) is 3.31. The fraction of sp³-hybridized carbons (Fsp3) is 0.636. The molecule has 0 saturated carbocycles. The van der Waals surface area contributed by atoms with E-state index in [1.165, 1.54) is 0 Å². The molecular formula is C11H17NO2S. The number of hydrogen-bond donors (Lipinski definition) is 1. The summed E-state index contributed by atoms with van der Waals surface area (Å²) >= 11 is 1.55. The molecule has 4 heteroatoms. The SMILES string of the molecule is CCc1sc(C(CC)CC)nc1C(=O)O. The van der Waals surface area contributed by atoms with Gasteiger partial charge >= 0.3 is 5.97 Å². The zero-order valence-corrected chi connectivity index (χ0v) is 10.2. The maximum Gasteiger partial charge on any atom is 0.355 e. The van der Waals surface area contributed by atoms with Gasteiger partial charge in [0.05, 0.1) is 5.01 Å². The van der Waals surface area contributed by atoms with Gasteiger partial charge in [0, 0.05) is 10.8 Å². The van der Waals surface area contributed by atoms with Crippen molar-refractivity contribution in [2.75, 3.05) is 0 Å². The summed E-state index contributed by atoms with van der Waals surface area (Å²) in [5, 5.41) is 9.96. The molecule has 0 spiro atoms. The second-order valence-corrected chi connectivity index (χ2v) is 4.61. The van der Waals surface area contributed by atoms with Crippen molar-refractivity contribution in [2.45, 2.75) is 46.0 Å². The third-order valence-electron chi connectivity index (χ3n) is 2.57. The van der Waals surface area contributed by atoms with Crippen LogP contribution in [-0.2, 0) is 6.42 Å². The molecule has 0 aromatic carbocycles. The highest BCUT2D eigenvalue weighted by atomic mass is 32.1. The first kappa shape index (κ1) is 12.2. The molecule has 0 bridgehead atoms. The quantitative estimate of drug-likeness (QED) is 0.839. The fourth-order valence-electron chi connectivity index (χ4n) is 1.59. The van der Waals surface area contributed by atoms with Gasteiger partial charge in [-0.2, -0.15) is 0 Å². The molecule has 1 heterocycles. The van der Waals surface area contributed by atoms with Crippen molar-refractivity contribution < 1.29 is 9.90 Å². The number of carboxylic acids is 1. The Morgan fingerprint density at radius 3 is 2.33 bits per heavy atom. The van der Waals surface area contributed by atoms with Crippen LogP contribution in [0.2, 0.25) is 0 Å². The van der Waals surface area contributed by atoms with Gasteiger partial charge in [0.25, 0.3) is 0 Å². The maximum atomic E-state index is 10.9. The van der Waals surface area contributed by atoms with Crippen molar-refractivity contribution >= 4 is 17.3 Å². The molecule has 0 unspecified atom stereocenters. The molecule has 3 nitrogen and oxygen atoms in total. The van der Waals surface area contributed by atoms with Crippen LogP contribution < -0.4 is 0 Å². The van der Waals surface area contributed by atoms with Gasteiger partial charge in [-0.25, -0.2) is 9.78 Å². The number of aromatic nitrogens is 1. The highest BCUT2D eigenvalue weighted by molar-refractivity contribution is 7.12. The molecule has 1 N–H and O–H groups in total. The lowest BCUT2D eigenvalue weighted by Gasteiger charge is -2.06. The van der Waals surface area contributed by atoms with Crippen LogP contribution in [-0.4, -0.2) is 16.1 Å². The average molecular weight is 227 g/mol. The highest BCUT2D eigenvalue weighted by Gasteiger charge is 2.19. The van der Waals surface area contributed by atoms with Crippen LogP contribution >= 0.6 is 11.3 Å². The van der Waals surface area contributed by atoms with Crippen molar-refractivity contribution in [1.82, 2.24) is 4.98 Å². The van der Waals surface area contributed by atoms with E-state index >= 15 is 0 Å². The first-order valence-electron chi connectivity index (χ1n) is 5.36. The molecule has 1 aromatic rings. The standard InChI is InChI=1S/C11H17NO2S/c1-4-7(5-2)10-12-9(11(13)14)8(6-3)15-10/h7H,4-6H2,1-3H3,(H,13,14). The minimum Gasteiger partial charge on any atom is -0.476 e. The molecule has 0 aliphatic carbocycles. The molecule has 1 rings (SSSR count). The molecule has 15 heavy (non-hydrogen) atoms. The Labute approximate surface area is 94.2 Å². The van der Waals surface area contributed by atoms with Gasteiger partial charge in [-0.05, 0) is 19.3 Å². The van der Waals surface area contributed by atoms with Gasteiger partial charge in [0.1, 0.15) is 0 Å². The predicted molar refractivity (Wildman–Crippen MR) is 61.8 cm³/mol. The van der Waals surface area contributed by atoms with E-state index in [2.05, 4.69) is 18.8 Å². The van der Waals surface area contributed by atoms with Crippen molar-refractivity contribution in [3.05, 3.63) is 15.6 Å². The average Bonchev–Trinajstić information content (AvgIpc) is 2.64. The van der Waals surface area contributed by atoms with Gasteiger partial charge in [-0.3, -0.25) is 0 Å². The summed E-state index contributed by atoms with van der Waals surface area (Å²) in [5.41, 5.74) is 0.254. The monoisotopic (exact) mass is 227 g/mol. The van der Waals surface area contributed by atoms with Gasteiger partial charge in [-0.1, -0.05) is 20.8 Å². The van der Waals surface area contributed by atoms with Crippen LogP contribution in [0.1, 0.15) is 59.9 Å². The van der Waals surface area contributed by atoms with Crippen molar-refractivity contribution in [1.29, 1.82) is 0 Å². The van der Waals surface area contributed by atoms with Crippen LogP contribution in [0.15, 0.2) is 0 Å². The van der Waals surface area contributed by atoms with E-state index in [-0.39, 0.29) is 5.69 Å². The number of carbonyl (C=O) groups is 1. The summed E-state index contributed by atoms with van der Waals surface area (Å²) in [6.07, 6.45) is 2.79. The molecule has 84 valence electrons. The van der Waals surface area contributed by atoms with Crippen LogP contribution in [0, 0.1) is 0 Å². The lowest BCUT2D eigenvalue weighted by molar-refractivity contribution is 0.0690. The molecule has 0 atom stereocenters. The lowest BCUT2D eigenvalue weighted by Crippen LogP contribution is -2.01. The summed E-state index contributed by atoms with van der Waals surface area (Å²) < 4.78 is 0. The number of rotatable bonds is 5. The van der Waals surface area contributed by atoms with E-state index in [9.17, 15) is 4.79 Å². The van der Waals surface area contributed by atoms with E-state index < -0.39 is 5.97 Å². The summed E-state index contributed by atoms with van der Waals surface area (Å²) in [4.78, 5) is 16.1. The molecule has 0 aliphatic heterocycles. The Balaban J connectivity index is 3.06. The number of thiazole rings is 1. The van der Waals surface area contributed by atoms with Gasteiger partial charge in [0.15, 0.2) is 5.69 Å². The first-order valence-corrected chi connectivity index (χ1v) is 6.18. The van der Waals surface area contributed by atoms with Gasteiger partial charge in [-0.15, -0.1) is 11.3 Å². The highest BCUT2D eigenvalue weighted by Crippen LogP contribution is 2.29. The number of aromatic carboxylic acids is 1. The number of nitrogens with zero attached hydrogens (tertiary/aromatic N) is 1. The van der Waals surface area contributed by atoms with Crippen molar-refractivity contribution in [2.24, 2.45) is 0 Å². The van der Waals surface area contributed by atoms with E-state index in [1.54, 1.807) is 11.3 Å². The summed E-state index contributed by atoms with van der Waals surface area (Å²) in [5.74, 6) is -0.492. The van der Waals surface area contributed by atoms with Gasteiger partial charge in [0.2, 0.25) is 0 Å². The lowest BCUT2D eigenvalue weighted by atomic mass is 10.1. The molecule has 1 aromatic heterocycles. The fourth-order valence-corrected chi connectivity index (χ4v) is 2.85. The molecule has 0 saturated heterocycles. The van der Waals surface area contributed by atoms with E-state index in [0.717, 1.165) is 29.1 Å².